The maximum Gasteiger partial charge on any atom is 0.206 e. The van der Waals surface area contributed by atoms with Crippen LogP contribution in [0.1, 0.15) is 11.1 Å². The quantitative estimate of drug-likeness (QED) is 0.155. The van der Waals surface area contributed by atoms with Crippen LogP contribution < -0.4 is 0 Å². The van der Waals surface area contributed by atoms with Gasteiger partial charge in [0.15, 0.2) is 0 Å². The van der Waals surface area contributed by atoms with Crippen LogP contribution in [-0.2, 0) is 26.1 Å². The average Bonchev–Trinajstić information content (AvgIpc) is 4.06. The molecule has 364 valence electrons. The molecule has 6 nitrogen and oxygen atoms in total. The smallest absolute Gasteiger partial charge is 0.206 e. The van der Waals surface area contributed by atoms with E-state index in [0.717, 1.165) is 99.1 Å². The first kappa shape index (κ1) is 49.2. The Morgan fingerprint density at radius 2 is 0.689 bits per heavy atom. The van der Waals surface area contributed by atoms with E-state index in [2.05, 4.69) is 148 Å². The summed E-state index contributed by atoms with van der Waals surface area (Å²) in [5, 5.41) is 4.56. The highest BCUT2D eigenvalue weighted by atomic mass is 79.9. The number of sulfone groups is 2. The summed E-state index contributed by atoms with van der Waals surface area (Å²) in [5.41, 5.74) is 11.7. The monoisotopic (exact) mass is 1200 g/mol. The third-order valence-electron chi connectivity index (χ3n) is 13.1. The van der Waals surface area contributed by atoms with E-state index in [9.17, 15) is 25.6 Å². The highest BCUT2D eigenvalue weighted by Crippen LogP contribution is 2.39. The molecule has 0 N–H and O–H groups in total. The normalized spacial score (nSPS) is 12.0. The second-order valence-corrected chi connectivity index (χ2v) is 24.2. The van der Waals surface area contributed by atoms with Gasteiger partial charge in [0.05, 0.1) is 41.6 Å². The summed E-state index contributed by atoms with van der Waals surface area (Å²) in [6.45, 7) is 0. The fraction of sp³-hybridized carbons (Fsp3) is 0.0164. The first-order chi connectivity index (χ1) is 35.7. The molecule has 0 bridgehead atoms. The fourth-order valence-corrected chi connectivity index (χ4v) is 13.2. The van der Waals surface area contributed by atoms with Crippen LogP contribution in [0.15, 0.2) is 257 Å². The van der Waals surface area contributed by atoms with Gasteiger partial charge in [-0.3, -0.25) is 0 Å². The van der Waals surface area contributed by atoms with Gasteiger partial charge in [-0.25, -0.2) is 25.6 Å². The van der Waals surface area contributed by atoms with Gasteiger partial charge in [0, 0.05) is 46.3 Å². The van der Waals surface area contributed by atoms with Gasteiger partial charge >= 0.3 is 0 Å². The van der Waals surface area contributed by atoms with E-state index >= 15 is 0 Å². The molecule has 0 unspecified atom stereocenters. The van der Waals surface area contributed by atoms with Crippen LogP contribution in [0, 0.1) is 11.6 Å². The Morgan fingerprint density at radius 3 is 1.15 bits per heavy atom. The minimum atomic E-state index is -3.72. The molecule has 0 saturated heterocycles. The summed E-state index contributed by atoms with van der Waals surface area (Å²) in [4.78, 5) is 0.472. The molecular weight excluding hydrogens is 1170 g/mol. The molecule has 0 amide bonds. The van der Waals surface area contributed by atoms with Crippen molar-refractivity contribution in [3.63, 3.8) is 0 Å². The third-order valence-corrected chi connectivity index (χ3v) is 18.1. The molecule has 1 aliphatic rings. The van der Waals surface area contributed by atoms with Gasteiger partial charge in [-0.2, -0.15) is 0 Å². The molecule has 74 heavy (non-hydrogen) atoms. The number of fused-ring (bicyclic) bond motifs is 9. The zero-order chi connectivity index (χ0) is 51.3. The highest BCUT2D eigenvalue weighted by Gasteiger charge is 2.22. The van der Waals surface area contributed by atoms with Gasteiger partial charge in [-0.15, -0.1) is 0 Å². The van der Waals surface area contributed by atoms with Crippen LogP contribution in [0.3, 0.4) is 0 Å². The zero-order valence-electron chi connectivity index (χ0n) is 38.8. The lowest BCUT2D eigenvalue weighted by Gasteiger charge is -2.11. The number of hydrogen-bond acceptors (Lipinski definition) is 4. The number of para-hydroxylation sites is 2. The number of rotatable bonds is 6. The predicted molar refractivity (Wildman–Crippen MR) is 303 cm³/mol. The predicted octanol–water partition coefficient (Wildman–Crippen LogP) is 17.1. The first-order valence-corrected chi connectivity index (χ1v) is 28.6. The van der Waals surface area contributed by atoms with Crippen LogP contribution in [0.5, 0.6) is 0 Å². The van der Waals surface area contributed by atoms with Gasteiger partial charge in [0.2, 0.25) is 19.7 Å². The van der Waals surface area contributed by atoms with E-state index in [0.29, 0.717) is 0 Å². The first-order valence-electron chi connectivity index (χ1n) is 23.2. The largest absolute Gasteiger partial charge is 0.309 e. The SMILES string of the molecule is Brc1ccc2c(c1)-c1ccccc1C2.O=S(=O)(c1ccc(-n2c3ccccc3c3cc(Br)ccc32)cc1)c1ccc(-n2c3ccccc3c3cc(Br)ccc32)cc1.O=S(=O)(c1ccc(F)cc1)c1ccc(F)cc1. The van der Waals surface area contributed by atoms with Gasteiger partial charge in [0.1, 0.15) is 11.6 Å². The van der Waals surface area contributed by atoms with E-state index in [-0.39, 0.29) is 19.6 Å². The van der Waals surface area contributed by atoms with E-state index in [1.165, 1.54) is 46.5 Å². The Bertz CT molecular complexity index is 4130. The lowest BCUT2D eigenvalue weighted by atomic mass is 10.1. The second kappa shape index (κ2) is 20.0. The van der Waals surface area contributed by atoms with Crippen molar-refractivity contribution in [3.8, 4) is 22.5 Å². The van der Waals surface area contributed by atoms with Crippen LogP contribution in [0.2, 0.25) is 0 Å². The van der Waals surface area contributed by atoms with Crippen LogP contribution in [-0.4, -0.2) is 26.0 Å². The maximum absolute atomic E-state index is 13.7. The molecule has 13 rings (SSSR count). The molecule has 12 aromatic rings. The standard InChI is InChI=1S/C36H22Br2N2O2S.C13H9Br.C12H8F2O2S/c37-23-9-19-35-31(21-23)29-5-1-3-7-33(29)39(35)25-11-15-27(16-12-25)43(41,42)28-17-13-26(14-18-28)40-34-8-4-2-6-30(34)32-22-24(38)10-20-36(32)40;14-11-6-5-10-7-9-3-1-2-4-12(9)13(10)8-11;13-9-1-5-11(6-2-9)17(15,16)12-7-3-10(14)4-8-12/h1-22H;1-6,8H,7H2;1-8H. The van der Waals surface area contributed by atoms with Crippen molar-refractivity contribution in [2.45, 2.75) is 26.0 Å². The van der Waals surface area contributed by atoms with Crippen molar-refractivity contribution in [1.29, 1.82) is 0 Å². The van der Waals surface area contributed by atoms with Gasteiger partial charge in [-0.1, -0.05) is 115 Å². The molecule has 0 atom stereocenters. The van der Waals surface area contributed by atoms with Gasteiger partial charge in [-0.05, 0) is 186 Å². The van der Waals surface area contributed by atoms with Gasteiger partial charge < -0.3 is 9.13 Å². The maximum atomic E-state index is 13.7. The molecule has 0 spiro atoms. The van der Waals surface area contributed by atoms with E-state index in [4.69, 9.17) is 0 Å². The number of hydrogen-bond donors (Lipinski definition) is 0. The molecular formula is C61H39Br3F2N2O4S2. The Kier molecular flexibility index (Phi) is 13.3. The topological polar surface area (TPSA) is 78.1 Å². The van der Waals surface area contributed by atoms with Crippen molar-refractivity contribution in [2.24, 2.45) is 0 Å². The third kappa shape index (κ3) is 9.32. The molecule has 10 aromatic carbocycles. The Morgan fingerprint density at radius 1 is 0.338 bits per heavy atom. The average molecular weight is 1210 g/mol. The van der Waals surface area contributed by atoms with Crippen LogP contribution >= 0.6 is 47.8 Å². The van der Waals surface area contributed by atoms with E-state index in [1.807, 2.05) is 60.7 Å². The van der Waals surface area contributed by atoms with Crippen molar-refractivity contribution in [2.75, 3.05) is 0 Å². The summed E-state index contributed by atoms with van der Waals surface area (Å²) in [5.74, 6) is -1.02. The van der Waals surface area contributed by atoms with E-state index in [1.54, 1.807) is 24.3 Å². The zero-order valence-corrected chi connectivity index (χ0v) is 45.2. The minimum Gasteiger partial charge on any atom is -0.309 e. The molecule has 0 fully saturated rings. The summed E-state index contributed by atoms with van der Waals surface area (Å²) in [7, 11) is -7.43. The molecule has 13 heteroatoms. The molecule has 2 aromatic heterocycles. The van der Waals surface area contributed by atoms with E-state index < -0.39 is 31.3 Å². The molecule has 1 aliphatic carbocycles. The van der Waals surface area contributed by atoms with Crippen LogP contribution in [0.4, 0.5) is 8.78 Å². The van der Waals surface area contributed by atoms with Crippen molar-refractivity contribution in [3.05, 3.63) is 261 Å². The number of halogens is 5. The number of benzene rings is 10. The summed E-state index contributed by atoms with van der Waals surface area (Å²) in [6.07, 6.45) is 1.08. The summed E-state index contributed by atoms with van der Waals surface area (Å²) >= 11 is 10.7. The van der Waals surface area contributed by atoms with Gasteiger partial charge in [0.25, 0.3) is 0 Å². The van der Waals surface area contributed by atoms with Crippen molar-refractivity contribution >= 4 is 111 Å². The fourth-order valence-electron chi connectivity index (χ4n) is 9.59. The molecule has 0 radical (unpaired) electrons. The number of nitrogens with zero attached hydrogens (tertiary/aromatic N) is 2. The lowest BCUT2D eigenvalue weighted by Crippen LogP contribution is -2.03. The Balaban J connectivity index is 0.000000154. The molecule has 2 heterocycles. The molecule has 0 saturated carbocycles. The Labute approximate surface area is 451 Å². The summed E-state index contributed by atoms with van der Waals surface area (Å²) < 4.78 is 84.4. The van der Waals surface area contributed by atoms with Crippen LogP contribution in [0.25, 0.3) is 66.1 Å². The number of aromatic nitrogens is 2. The molecule has 0 aliphatic heterocycles. The van der Waals surface area contributed by atoms with Crippen molar-refractivity contribution < 1.29 is 25.6 Å². The van der Waals surface area contributed by atoms with Crippen molar-refractivity contribution in [1.82, 2.24) is 9.13 Å². The lowest BCUT2D eigenvalue weighted by molar-refractivity contribution is 0.592. The Hall–Kier alpha value is -7.00. The summed E-state index contributed by atoms with van der Waals surface area (Å²) in [6, 6.07) is 67.4. The highest BCUT2D eigenvalue weighted by molar-refractivity contribution is 9.11. The minimum absolute atomic E-state index is 0.0227. The second-order valence-electron chi connectivity index (χ2n) is 17.6.